The fraction of sp³-hybridized carbons (Fsp3) is 0.222. The molecule has 226 valence electrons. The van der Waals surface area contributed by atoms with E-state index >= 15 is 0 Å². The molecule has 1 aliphatic carbocycles. The van der Waals surface area contributed by atoms with Gasteiger partial charge in [-0.2, -0.15) is 0 Å². The molecule has 9 nitrogen and oxygen atoms in total. The lowest BCUT2D eigenvalue weighted by Crippen LogP contribution is -2.29. The molecule has 0 saturated carbocycles. The van der Waals surface area contributed by atoms with Crippen molar-refractivity contribution in [1.29, 1.82) is 0 Å². The van der Waals surface area contributed by atoms with Crippen LogP contribution in [0.25, 0.3) is 44.6 Å². The highest BCUT2D eigenvalue weighted by Crippen LogP contribution is 2.47. The molecule has 0 radical (unpaired) electrons. The van der Waals surface area contributed by atoms with E-state index in [9.17, 15) is 9.59 Å². The molecule has 45 heavy (non-hydrogen) atoms. The third-order valence-corrected chi connectivity index (χ3v) is 8.76. The molecule has 0 spiro atoms. The van der Waals surface area contributed by atoms with Gasteiger partial charge in [0.1, 0.15) is 11.5 Å². The van der Waals surface area contributed by atoms with Crippen LogP contribution in [0.15, 0.2) is 85.2 Å². The zero-order valence-electron chi connectivity index (χ0n) is 25.4. The molecule has 0 bridgehead atoms. The number of carbonyl (C=O) groups is 2. The molecule has 4 N–H and O–H groups in total. The van der Waals surface area contributed by atoms with Gasteiger partial charge in [0, 0.05) is 35.5 Å². The Morgan fingerprint density at radius 1 is 0.911 bits per heavy atom. The summed E-state index contributed by atoms with van der Waals surface area (Å²) in [6.07, 6.45) is 4.34. The van der Waals surface area contributed by atoms with E-state index in [-0.39, 0.29) is 17.9 Å². The minimum absolute atomic E-state index is 0.0909. The number of nitrogens with one attached hydrogen (secondary N) is 4. The van der Waals surface area contributed by atoms with Crippen LogP contribution in [0.2, 0.25) is 0 Å². The Hall–Kier alpha value is -5.28. The molecule has 0 aliphatic heterocycles. The Labute approximate surface area is 261 Å². The smallest absolute Gasteiger partial charge is 0.252 e. The van der Waals surface area contributed by atoms with Crippen LogP contribution in [-0.2, 0) is 0 Å². The van der Waals surface area contributed by atoms with Gasteiger partial charge in [0.2, 0.25) is 0 Å². The summed E-state index contributed by atoms with van der Waals surface area (Å²) in [5.74, 6) is 0.457. The third-order valence-electron chi connectivity index (χ3n) is 8.76. The van der Waals surface area contributed by atoms with Gasteiger partial charge in [0.15, 0.2) is 0 Å². The number of H-pyrrole nitrogens is 2. The van der Waals surface area contributed by atoms with Gasteiger partial charge in [-0.15, -0.1) is 0 Å². The van der Waals surface area contributed by atoms with Crippen LogP contribution < -0.4 is 10.6 Å². The molecule has 3 heterocycles. The number of hydrogen-bond acceptors (Lipinski definition) is 5. The summed E-state index contributed by atoms with van der Waals surface area (Å²) in [4.78, 5) is 44.7. The first kappa shape index (κ1) is 28.5. The topological polar surface area (TPSA) is 119 Å². The molecule has 1 atom stereocenters. The maximum absolute atomic E-state index is 13.6. The molecular formula is C36H35N7O2. The summed E-state index contributed by atoms with van der Waals surface area (Å²) in [5, 5.41) is 7.12. The molecule has 1 aliphatic rings. The minimum atomic E-state index is -0.327. The zero-order chi connectivity index (χ0) is 30.9. The zero-order valence-corrected chi connectivity index (χ0v) is 25.4. The van der Waals surface area contributed by atoms with Gasteiger partial charge < -0.3 is 25.5 Å². The first-order valence-electron chi connectivity index (χ1n) is 15.5. The lowest BCUT2D eigenvalue weighted by Gasteiger charge is -2.17. The highest BCUT2D eigenvalue weighted by atomic mass is 16.2. The molecular weight excluding hydrogens is 562 g/mol. The van der Waals surface area contributed by atoms with Crippen LogP contribution in [0.4, 0.5) is 0 Å². The second-order valence-electron chi connectivity index (χ2n) is 11.3. The monoisotopic (exact) mass is 597 g/mol. The number of imidazole rings is 1. The van der Waals surface area contributed by atoms with Crippen LogP contribution >= 0.6 is 0 Å². The molecule has 3 aromatic heterocycles. The van der Waals surface area contributed by atoms with Crippen molar-refractivity contribution in [2.75, 3.05) is 26.2 Å². The summed E-state index contributed by atoms with van der Waals surface area (Å²) >= 11 is 0. The summed E-state index contributed by atoms with van der Waals surface area (Å²) in [7, 11) is 0. The Kier molecular flexibility index (Phi) is 7.61. The van der Waals surface area contributed by atoms with E-state index in [0.717, 1.165) is 70.3 Å². The Morgan fingerprint density at radius 2 is 1.73 bits per heavy atom. The van der Waals surface area contributed by atoms with Crippen LogP contribution in [-0.4, -0.2) is 62.8 Å². The van der Waals surface area contributed by atoms with E-state index in [4.69, 9.17) is 4.98 Å². The molecule has 0 fully saturated rings. The van der Waals surface area contributed by atoms with Gasteiger partial charge in [0.25, 0.3) is 11.8 Å². The number of hydrogen-bond donors (Lipinski definition) is 4. The highest BCUT2D eigenvalue weighted by Gasteiger charge is 2.32. The average molecular weight is 598 g/mol. The molecule has 0 saturated heterocycles. The third kappa shape index (κ3) is 5.25. The van der Waals surface area contributed by atoms with Crippen molar-refractivity contribution in [3.8, 4) is 22.5 Å². The minimum Gasteiger partial charge on any atom is -0.352 e. The molecule has 1 unspecified atom stereocenters. The van der Waals surface area contributed by atoms with E-state index in [1.54, 1.807) is 18.5 Å². The first-order valence-corrected chi connectivity index (χ1v) is 15.5. The number of aromatic nitrogens is 4. The number of rotatable bonds is 10. The molecule has 2 amide bonds. The SMILES string of the molecule is CCN(CC)CCCNC(=O)c1ccc2nc(-c3cccc4c3-c3ccccc3C4NC(=O)c3ccnc4[nH]ccc34)[nH]c2c1. The van der Waals surface area contributed by atoms with Crippen molar-refractivity contribution < 1.29 is 9.59 Å². The van der Waals surface area contributed by atoms with E-state index in [2.05, 4.69) is 62.5 Å². The lowest BCUT2D eigenvalue weighted by molar-refractivity contribution is 0.0939. The van der Waals surface area contributed by atoms with Crippen LogP contribution in [0.5, 0.6) is 0 Å². The number of benzene rings is 3. The van der Waals surface area contributed by atoms with E-state index in [1.807, 2.05) is 48.5 Å². The van der Waals surface area contributed by atoms with Gasteiger partial charge in [-0.05, 0) is 78.6 Å². The lowest BCUT2D eigenvalue weighted by atomic mass is 9.98. The Bertz CT molecular complexity index is 2040. The molecule has 7 rings (SSSR count). The Morgan fingerprint density at radius 3 is 2.60 bits per heavy atom. The number of fused-ring (bicyclic) bond motifs is 5. The fourth-order valence-corrected chi connectivity index (χ4v) is 6.40. The molecule has 6 aromatic rings. The van der Waals surface area contributed by atoms with Crippen LogP contribution in [0.1, 0.15) is 58.2 Å². The number of nitrogens with zero attached hydrogens (tertiary/aromatic N) is 3. The van der Waals surface area contributed by atoms with E-state index < -0.39 is 0 Å². The van der Waals surface area contributed by atoms with Crippen molar-refractivity contribution in [1.82, 2.24) is 35.5 Å². The predicted octanol–water partition coefficient (Wildman–Crippen LogP) is 6.07. The maximum Gasteiger partial charge on any atom is 0.252 e. The van der Waals surface area contributed by atoms with Crippen molar-refractivity contribution in [3.63, 3.8) is 0 Å². The number of aromatic amines is 2. The van der Waals surface area contributed by atoms with E-state index in [0.29, 0.717) is 29.1 Å². The quantitative estimate of drug-likeness (QED) is 0.143. The summed E-state index contributed by atoms with van der Waals surface area (Å²) in [6.45, 7) is 7.92. The Balaban J connectivity index is 1.17. The van der Waals surface area contributed by atoms with Gasteiger partial charge in [-0.1, -0.05) is 56.3 Å². The van der Waals surface area contributed by atoms with E-state index in [1.165, 1.54) is 0 Å². The second-order valence-corrected chi connectivity index (χ2v) is 11.3. The summed E-state index contributed by atoms with van der Waals surface area (Å²) in [6, 6.07) is 23.1. The second kappa shape index (κ2) is 12.0. The first-order chi connectivity index (χ1) is 22.1. The van der Waals surface area contributed by atoms with Crippen molar-refractivity contribution in [2.24, 2.45) is 0 Å². The molecule has 9 heteroatoms. The normalized spacial score (nSPS) is 13.7. The predicted molar refractivity (Wildman–Crippen MR) is 177 cm³/mol. The average Bonchev–Trinajstić information content (AvgIpc) is 3.80. The van der Waals surface area contributed by atoms with Crippen molar-refractivity contribution in [2.45, 2.75) is 26.3 Å². The number of amides is 2. The van der Waals surface area contributed by atoms with Crippen LogP contribution in [0.3, 0.4) is 0 Å². The van der Waals surface area contributed by atoms with Crippen molar-refractivity contribution >= 4 is 33.9 Å². The number of carbonyl (C=O) groups excluding carboxylic acids is 2. The van der Waals surface area contributed by atoms with Crippen LogP contribution in [0, 0.1) is 0 Å². The highest BCUT2D eigenvalue weighted by molar-refractivity contribution is 6.06. The van der Waals surface area contributed by atoms with Gasteiger partial charge in [-0.3, -0.25) is 9.59 Å². The fourth-order valence-electron chi connectivity index (χ4n) is 6.40. The molecule has 3 aromatic carbocycles. The summed E-state index contributed by atoms with van der Waals surface area (Å²) < 4.78 is 0. The number of pyridine rings is 1. The van der Waals surface area contributed by atoms with Gasteiger partial charge in [0.05, 0.1) is 22.6 Å². The standard InChI is InChI=1S/C36H35N7O2/c1-3-43(4-2)20-8-17-39-35(44)22-13-14-29-30(21-22)41-34(40-29)28-12-7-11-27-31(28)23-9-5-6-10-24(23)32(27)42-36(45)26-16-19-38-33-25(26)15-18-37-33/h5-7,9-16,18-19,21,32H,3-4,8,17,20H2,1-2H3,(H,37,38)(H,39,44)(H,40,41)(H,42,45). The summed E-state index contributed by atoms with van der Waals surface area (Å²) in [5.41, 5.74) is 8.49. The largest absolute Gasteiger partial charge is 0.352 e. The van der Waals surface area contributed by atoms with Gasteiger partial charge >= 0.3 is 0 Å². The van der Waals surface area contributed by atoms with Crippen molar-refractivity contribution in [3.05, 3.63) is 107 Å². The van der Waals surface area contributed by atoms with Gasteiger partial charge in [-0.25, -0.2) is 9.97 Å². The maximum atomic E-state index is 13.6.